The monoisotopic (exact) mass is 332 g/mol. The average Bonchev–Trinajstić information content (AvgIpc) is 3.41. The van der Waals surface area contributed by atoms with Crippen molar-refractivity contribution in [3.63, 3.8) is 0 Å². The van der Waals surface area contributed by atoms with E-state index in [9.17, 15) is 0 Å². The molecule has 0 radical (unpaired) electrons. The molecule has 0 saturated carbocycles. The van der Waals surface area contributed by atoms with Gasteiger partial charge >= 0.3 is 0 Å². The predicted molar refractivity (Wildman–Crippen MR) is 83.7 cm³/mol. The molecule has 1 fully saturated rings. The largest absolute Gasteiger partial charge is 0.334 e. The number of rotatable bonds is 3. The first-order valence-corrected chi connectivity index (χ1v) is 7.70. The Labute approximate surface area is 142 Å². The Balaban J connectivity index is 1.64. The van der Waals surface area contributed by atoms with E-state index in [1.54, 1.807) is 29.4 Å². The van der Waals surface area contributed by atoms with Gasteiger partial charge in [0, 0.05) is 18.3 Å². The summed E-state index contributed by atoms with van der Waals surface area (Å²) >= 11 is 0. The molecule has 9 nitrogen and oxygen atoms in total. The molecule has 1 aliphatic rings. The molecule has 3 aromatic rings. The second kappa shape index (κ2) is 6.06. The van der Waals surface area contributed by atoms with Crippen molar-refractivity contribution < 1.29 is 4.52 Å². The number of hydrogen-bond acceptors (Lipinski definition) is 8. The van der Waals surface area contributed by atoms with E-state index in [0.29, 0.717) is 35.2 Å². The van der Waals surface area contributed by atoms with Crippen LogP contribution in [-0.4, -0.2) is 36.3 Å². The fourth-order valence-corrected chi connectivity index (χ4v) is 2.82. The van der Waals surface area contributed by atoms with Gasteiger partial charge in [-0.25, -0.2) is 9.67 Å². The van der Waals surface area contributed by atoms with E-state index in [2.05, 4.69) is 26.4 Å². The van der Waals surface area contributed by atoms with Gasteiger partial charge in [-0.3, -0.25) is 4.90 Å². The molecule has 25 heavy (non-hydrogen) atoms. The summed E-state index contributed by atoms with van der Waals surface area (Å²) in [5.41, 5.74) is 1.14. The molecule has 0 N–H and O–H groups in total. The highest BCUT2D eigenvalue weighted by molar-refractivity contribution is 5.55. The van der Waals surface area contributed by atoms with Crippen molar-refractivity contribution in [3.8, 4) is 29.5 Å². The van der Waals surface area contributed by atoms with Gasteiger partial charge in [-0.2, -0.15) is 20.6 Å². The van der Waals surface area contributed by atoms with E-state index in [0.717, 1.165) is 12.8 Å². The molecule has 0 bridgehead atoms. The van der Waals surface area contributed by atoms with Gasteiger partial charge in [0.15, 0.2) is 17.8 Å². The van der Waals surface area contributed by atoms with Gasteiger partial charge in [0.05, 0.1) is 18.0 Å². The van der Waals surface area contributed by atoms with Crippen molar-refractivity contribution in [2.75, 3.05) is 6.54 Å². The highest BCUT2D eigenvalue weighted by atomic mass is 16.5. The number of hydrogen-bond donors (Lipinski definition) is 0. The van der Waals surface area contributed by atoms with E-state index in [1.807, 2.05) is 6.07 Å². The number of nitriles is 2. The Hall–Kier alpha value is -3.72. The molecule has 1 unspecified atom stereocenters. The lowest BCUT2D eigenvalue weighted by molar-refractivity contribution is 0.339. The van der Waals surface area contributed by atoms with Gasteiger partial charge in [-0.05, 0) is 25.0 Å². The van der Waals surface area contributed by atoms with Crippen LogP contribution in [0.1, 0.15) is 30.3 Å². The summed E-state index contributed by atoms with van der Waals surface area (Å²) in [4.78, 5) is 10.3. The Bertz CT molecular complexity index is 992. The highest BCUT2D eigenvalue weighted by Crippen LogP contribution is 2.30. The quantitative estimate of drug-likeness (QED) is 0.666. The zero-order valence-electron chi connectivity index (χ0n) is 13.1. The summed E-state index contributed by atoms with van der Waals surface area (Å²) in [5, 5.41) is 26.2. The minimum absolute atomic E-state index is 0.131. The Morgan fingerprint density at radius 3 is 3.04 bits per heavy atom. The third kappa shape index (κ3) is 2.68. The van der Waals surface area contributed by atoms with Crippen molar-refractivity contribution in [2.24, 2.45) is 0 Å². The number of likely N-dealkylation sites (tertiary alicyclic amines) is 1. The van der Waals surface area contributed by atoms with Crippen molar-refractivity contribution in [2.45, 2.75) is 18.9 Å². The van der Waals surface area contributed by atoms with Crippen molar-refractivity contribution in [1.82, 2.24) is 29.8 Å². The average molecular weight is 332 g/mol. The number of aromatic nitrogens is 5. The van der Waals surface area contributed by atoms with Crippen LogP contribution in [-0.2, 0) is 0 Å². The summed E-state index contributed by atoms with van der Waals surface area (Å²) in [6.45, 7) is 0.713. The Morgan fingerprint density at radius 1 is 1.32 bits per heavy atom. The minimum atomic E-state index is -0.131. The topological polar surface area (TPSA) is 120 Å². The zero-order chi connectivity index (χ0) is 17.2. The third-order valence-corrected chi connectivity index (χ3v) is 4.06. The minimum Gasteiger partial charge on any atom is -0.334 e. The molecular weight excluding hydrogens is 320 g/mol. The molecule has 1 saturated heterocycles. The van der Waals surface area contributed by atoms with Gasteiger partial charge < -0.3 is 4.52 Å². The lowest BCUT2D eigenvalue weighted by Gasteiger charge is -2.13. The molecule has 9 heteroatoms. The molecular formula is C16H12N8O. The van der Waals surface area contributed by atoms with Crippen LogP contribution in [0.4, 0.5) is 0 Å². The molecule has 4 rings (SSSR count). The van der Waals surface area contributed by atoms with E-state index in [1.165, 1.54) is 10.9 Å². The van der Waals surface area contributed by atoms with Crippen molar-refractivity contribution in [1.29, 1.82) is 10.5 Å². The van der Waals surface area contributed by atoms with Gasteiger partial charge in [0.1, 0.15) is 12.1 Å². The maximum atomic E-state index is 9.16. The summed E-state index contributed by atoms with van der Waals surface area (Å²) in [5.74, 6) is 1.41. The van der Waals surface area contributed by atoms with E-state index < -0.39 is 0 Å². The fraction of sp³-hybridized carbons (Fsp3) is 0.250. The van der Waals surface area contributed by atoms with Crippen molar-refractivity contribution >= 4 is 0 Å². The van der Waals surface area contributed by atoms with Gasteiger partial charge in [0.2, 0.25) is 0 Å². The first-order valence-electron chi connectivity index (χ1n) is 7.70. The fourth-order valence-electron chi connectivity index (χ4n) is 2.82. The Kier molecular flexibility index (Phi) is 3.60. The molecule has 0 amide bonds. The summed E-state index contributed by atoms with van der Waals surface area (Å²) in [6.07, 6.45) is 8.60. The normalized spacial score (nSPS) is 16.6. The summed E-state index contributed by atoms with van der Waals surface area (Å²) in [6, 6.07) is 5.40. The first-order chi connectivity index (χ1) is 12.3. The van der Waals surface area contributed by atoms with E-state index in [-0.39, 0.29) is 6.04 Å². The number of nitrogens with zero attached hydrogens (tertiary/aromatic N) is 8. The first kappa shape index (κ1) is 14.8. The van der Waals surface area contributed by atoms with Crippen LogP contribution in [0, 0.1) is 22.8 Å². The van der Waals surface area contributed by atoms with Crippen LogP contribution in [0.25, 0.3) is 17.3 Å². The second-order valence-electron chi connectivity index (χ2n) is 5.60. The maximum Gasteiger partial charge on any atom is 0.258 e. The maximum absolute atomic E-state index is 9.16. The standard InChI is InChI=1S/C16H12N8O/c17-7-11-8-20-24(9-11)14-6-12(3-4-19-14)16-21-15(22-25-16)13-2-1-5-23(13)10-18/h3-4,6,8-9,13H,1-2,5H2. The molecule has 122 valence electrons. The number of pyridine rings is 1. The highest BCUT2D eigenvalue weighted by Gasteiger charge is 2.29. The second-order valence-corrected chi connectivity index (χ2v) is 5.60. The predicted octanol–water partition coefficient (Wildman–Crippen LogP) is 1.81. The van der Waals surface area contributed by atoms with Crippen LogP contribution in [0.15, 0.2) is 35.2 Å². The smallest absolute Gasteiger partial charge is 0.258 e. The molecule has 0 aliphatic carbocycles. The van der Waals surface area contributed by atoms with Gasteiger partial charge in [-0.1, -0.05) is 5.16 Å². The molecule has 0 aromatic carbocycles. The molecule has 4 heterocycles. The van der Waals surface area contributed by atoms with Crippen LogP contribution in [0.3, 0.4) is 0 Å². The lowest BCUT2D eigenvalue weighted by atomic mass is 10.2. The SMILES string of the molecule is N#Cc1cnn(-c2cc(-c3nc(C4CCCN4C#N)no3)ccn2)c1. The molecule has 0 spiro atoms. The van der Waals surface area contributed by atoms with Crippen LogP contribution >= 0.6 is 0 Å². The molecule has 1 atom stereocenters. The summed E-state index contributed by atoms with van der Waals surface area (Å²) in [7, 11) is 0. The lowest BCUT2D eigenvalue weighted by Crippen LogP contribution is -2.17. The van der Waals surface area contributed by atoms with Crippen LogP contribution in [0.5, 0.6) is 0 Å². The van der Waals surface area contributed by atoms with E-state index >= 15 is 0 Å². The van der Waals surface area contributed by atoms with Crippen LogP contribution in [0.2, 0.25) is 0 Å². The Morgan fingerprint density at radius 2 is 2.24 bits per heavy atom. The van der Waals surface area contributed by atoms with Crippen LogP contribution < -0.4 is 0 Å². The molecule has 3 aromatic heterocycles. The third-order valence-electron chi connectivity index (χ3n) is 4.06. The van der Waals surface area contributed by atoms with Gasteiger partial charge in [-0.15, -0.1) is 0 Å². The van der Waals surface area contributed by atoms with Gasteiger partial charge in [0.25, 0.3) is 5.89 Å². The molecule has 1 aliphatic heterocycles. The van der Waals surface area contributed by atoms with E-state index in [4.69, 9.17) is 15.0 Å². The summed E-state index contributed by atoms with van der Waals surface area (Å²) < 4.78 is 6.87. The van der Waals surface area contributed by atoms with Crippen molar-refractivity contribution in [3.05, 3.63) is 42.1 Å². The zero-order valence-corrected chi connectivity index (χ0v) is 13.1.